The fraction of sp³-hybridized carbons (Fsp3) is 0.294. The van der Waals surface area contributed by atoms with Crippen LogP contribution in [0.4, 0.5) is 0 Å². The molecule has 2 aromatic carbocycles. The molecule has 2 heteroatoms. The smallest absolute Gasteiger partial charge is 0.0593 e. The summed E-state index contributed by atoms with van der Waals surface area (Å²) in [5.41, 5.74) is 5.01. The van der Waals surface area contributed by atoms with Gasteiger partial charge in [-0.3, -0.25) is 0 Å². The van der Waals surface area contributed by atoms with Gasteiger partial charge >= 0.3 is 0 Å². The Bertz CT molecular complexity index is 563. The minimum absolute atomic E-state index is 0.152. The number of benzene rings is 2. The number of aryl methyl sites for hydroxylation is 2. The van der Waals surface area contributed by atoms with Gasteiger partial charge in [0, 0.05) is 5.02 Å². The molecular weight excluding hydrogens is 254 g/mol. The number of rotatable bonds is 4. The van der Waals surface area contributed by atoms with Crippen molar-refractivity contribution in [3.05, 3.63) is 69.7 Å². The van der Waals surface area contributed by atoms with E-state index in [0.717, 1.165) is 17.1 Å². The molecule has 2 rings (SSSR count). The van der Waals surface area contributed by atoms with E-state index in [-0.39, 0.29) is 6.04 Å². The Hall–Kier alpha value is -1.31. The van der Waals surface area contributed by atoms with Gasteiger partial charge in [-0.25, -0.2) is 0 Å². The summed E-state index contributed by atoms with van der Waals surface area (Å²) in [7, 11) is 0. The summed E-state index contributed by atoms with van der Waals surface area (Å²) in [6, 6.07) is 14.8. The zero-order valence-corrected chi connectivity index (χ0v) is 12.5. The van der Waals surface area contributed by atoms with Crippen molar-refractivity contribution in [2.24, 2.45) is 0 Å². The highest BCUT2D eigenvalue weighted by Crippen LogP contribution is 2.30. The van der Waals surface area contributed by atoms with Crippen molar-refractivity contribution < 1.29 is 0 Å². The Morgan fingerprint density at radius 1 is 1.05 bits per heavy atom. The van der Waals surface area contributed by atoms with Gasteiger partial charge in [-0.05, 0) is 43.1 Å². The van der Waals surface area contributed by atoms with E-state index < -0.39 is 0 Å². The molecule has 0 aliphatic rings. The van der Waals surface area contributed by atoms with Gasteiger partial charge in [0.2, 0.25) is 0 Å². The molecule has 0 aliphatic carbocycles. The highest BCUT2D eigenvalue weighted by atomic mass is 35.5. The van der Waals surface area contributed by atoms with Crippen molar-refractivity contribution in [3.8, 4) is 0 Å². The molecule has 1 unspecified atom stereocenters. The second kappa shape index (κ2) is 6.23. The Balaban J connectivity index is 2.48. The van der Waals surface area contributed by atoms with Crippen molar-refractivity contribution in [1.29, 1.82) is 0 Å². The number of hydrogen-bond donors (Lipinski definition) is 1. The topological polar surface area (TPSA) is 12.0 Å². The Morgan fingerprint density at radius 2 is 1.79 bits per heavy atom. The average Bonchev–Trinajstić information content (AvgIpc) is 2.38. The molecule has 0 bridgehead atoms. The normalized spacial score (nSPS) is 12.4. The molecule has 0 saturated carbocycles. The van der Waals surface area contributed by atoms with Crippen LogP contribution in [0.15, 0.2) is 42.5 Å². The van der Waals surface area contributed by atoms with Crippen molar-refractivity contribution in [2.75, 3.05) is 6.54 Å². The second-order valence-electron chi connectivity index (χ2n) is 4.87. The molecule has 0 fully saturated rings. The van der Waals surface area contributed by atoms with E-state index in [4.69, 9.17) is 11.6 Å². The summed E-state index contributed by atoms with van der Waals surface area (Å²) in [6.45, 7) is 7.30. The molecule has 100 valence electrons. The van der Waals surface area contributed by atoms with Crippen LogP contribution in [0.25, 0.3) is 0 Å². The molecule has 0 saturated heterocycles. The van der Waals surface area contributed by atoms with Crippen molar-refractivity contribution >= 4 is 11.6 Å². The zero-order chi connectivity index (χ0) is 13.8. The quantitative estimate of drug-likeness (QED) is 0.855. The minimum Gasteiger partial charge on any atom is -0.306 e. The van der Waals surface area contributed by atoms with Crippen molar-refractivity contribution in [3.63, 3.8) is 0 Å². The Labute approximate surface area is 120 Å². The maximum Gasteiger partial charge on any atom is 0.0593 e. The number of hydrogen-bond acceptors (Lipinski definition) is 1. The summed E-state index contributed by atoms with van der Waals surface area (Å²) >= 11 is 6.35. The third-order valence-electron chi connectivity index (χ3n) is 3.36. The highest BCUT2D eigenvalue weighted by Gasteiger charge is 2.17. The predicted molar refractivity (Wildman–Crippen MR) is 82.9 cm³/mol. The van der Waals surface area contributed by atoms with Crippen molar-refractivity contribution in [2.45, 2.75) is 26.8 Å². The van der Waals surface area contributed by atoms with E-state index in [0.29, 0.717) is 0 Å². The van der Waals surface area contributed by atoms with Crippen LogP contribution in [-0.2, 0) is 0 Å². The largest absolute Gasteiger partial charge is 0.306 e. The molecule has 1 N–H and O–H groups in total. The summed E-state index contributed by atoms with van der Waals surface area (Å²) < 4.78 is 0. The van der Waals surface area contributed by atoms with Gasteiger partial charge in [-0.2, -0.15) is 0 Å². The fourth-order valence-corrected chi connectivity index (χ4v) is 2.70. The third kappa shape index (κ3) is 3.17. The number of nitrogens with one attached hydrogen (secondary N) is 1. The van der Waals surface area contributed by atoms with Gasteiger partial charge in [0.1, 0.15) is 0 Å². The van der Waals surface area contributed by atoms with Crippen LogP contribution < -0.4 is 5.32 Å². The molecule has 19 heavy (non-hydrogen) atoms. The van der Waals surface area contributed by atoms with Crippen molar-refractivity contribution in [1.82, 2.24) is 5.32 Å². The van der Waals surface area contributed by atoms with Crippen LogP contribution >= 0.6 is 11.6 Å². The Kier molecular flexibility index (Phi) is 4.62. The molecule has 0 amide bonds. The van der Waals surface area contributed by atoms with Gasteiger partial charge in [-0.15, -0.1) is 0 Å². The Morgan fingerprint density at radius 3 is 2.42 bits per heavy atom. The SMILES string of the molecule is CCNC(c1ccc(C)cc1C)c1ccccc1Cl. The molecule has 0 heterocycles. The molecule has 1 atom stereocenters. The van der Waals surface area contributed by atoms with E-state index in [9.17, 15) is 0 Å². The van der Waals surface area contributed by atoms with Crippen LogP contribution in [0.5, 0.6) is 0 Å². The van der Waals surface area contributed by atoms with E-state index >= 15 is 0 Å². The molecular formula is C17H20ClN. The first-order valence-electron chi connectivity index (χ1n) is 6.68. The third-order valence-corrected chi connectivity index (χ3v) is 3.70. The summed E-state index contributed by atoms with van der Waals surface area (Å²) in [5.74, 6) is 0. The first kappa shape index (κ1) is 14.1. The average molecular weight is 274 g/mol. The molecule has 0 radical (unpaired) electrons. The lowest BCUT2D eigenvalue weighted by atomic mass is 9.94. The lowest BCUT2D eigenvalue weighted by molar-refractivity contribution is 0.628. The maximum atomic E-state index is 6.35. The fourth-order valence-electron chi connectivity index (χ4n) is 2.45. The van der Waals surface area contributed by atoms with Gasteiger partial charge in [0.05, 0.1) is 6.04 Å². The van der Waals surface area contributed by atoms with Gasteiger partial charge in [0.15, 0.2) is 0 Å². The predicted octanol–water partition coefficient (Wildman–Crippen LogP) is 4.66. The zero-order valence-electron chi connectivity index (χ0n) is 11.7. The standard InChI is InChI=1S/C17H20ClN/c1-4-19-17(15-7-5-6-8-16(15)18)14-10-9-12(2)11-13(14)3/h5-11,17,19H,4H2,1-3H3. The van der Waals surface area contributed by atoms with Gasteiger partial charge < -0.3 is 5.32 Å². The molecule has 0 aromatic heterocycles. The second-order valence-corrected chi connectivity index (χ2v) is 5.28. The minimum atomic E-state index is 0.152. The van der Waals surface area contributed by atoms with Gasteiger partial charge in [-0.1, -0.05) is 60.5 Å². The summed E-state index contributed by atoms with van der Waals surface area (Å²) in [6.07, 6.45) is 0. The van der Waals surface area contributed by atoms with Crippen LogP contribution in [0.1, 0.15) is 35.2 Å². The first-order chi connectivity index (χ1) is 9.13. The maximum absolute atomic E-state index is 6.35. The summed E-state index contributed by atoms with van der Waals surface area (Å²) in [5, 5.41) is 4.35. The van der Waals surface area contributed by atoms with E-state index in [1.165, 1.54) is 16.7 Å². The lowest BCUT2D eigenvalue weighted by Crippen LogP contribution is -2.23. The molecule has 0 aliphatic heterocycles. The van der Waals surface area contributed by atoms with E-state index in [1.807, 2.05) is 18.2 Å². The van der Waals surface area contributed by atoms with Crippen LogP contribution in [0.2, 0.25) is 5.02 Å². The molecule has 1 nitrogen and oxygen atoms in total. The monoisotopic (exact) mass is 273 g/mol. The molecule has 2 aromatic rings. The van der Waals surface area contributed by atoms with E-state index in [1.54, 1.807) is 0 Å². The lowest BCUT2D eigenvalue weighted by Gasteiger charge is -2.22. The van der Waals surface area contributed by atoms with Crippen LogP contribution in [-0.4, -0.2) is 6.54 Å². The summed E-state index contributed by atoms with van der Waals surface area (Å²) in [4.78, 5) is 0. The molecule has 0 spiro atoms. The first-order valence-corrected chi connectivity index (χ1v) is 7.06. The van der Waals surface area contributed by atoms with Gasteiger partial charge in [0.25, 0.3) is 0 Å². The highest BCUT2D eigenvalue weighted by molar-refractivity contribution is 6.31. The van der Waals surface area contributed by atoms with Crippen LogP contribution in [0.3, 0.4) is 0 Å². The van der Waals surface area contributed by atoms with E-state index in [2.05, 4.69) is 50.4 Å². The number of halogens is 1. The van der Waals surface area contributed by atoms with Crippen LogP contribution in [0, 0.1) is 13.8 Å².